The summed E-state index contributed by atoms with van der Waals surface area (Å²) in [6.07, 6.45) is 1.80. The van der Waals surface area contributed by atoms with Gasteiger partial charge in [-0.15, -0.1) is 0 Å². The molecule has 37 heavy (non-hydrogen) atoms. The van der Waals surface area contributed by atoms with Crippen LogP contribution in [0.3, 0.4) is 0 Å². The molecule has 4 rings (SSSR count). The number of anilines is 2. The van der Waals surface area contributed by atoms with Gasteiger partial charge < -0.3 is 30.2 Å². The summed E-state index contributed by atoms with van der Waals surface area (Å²) in [4.78, 5) is 25.5. The van der Waals surface area contributed by atoms with Crippen LogP contribution in [0.2, 0.25) is 0 Å². The molecule has 0 aliphatic carbocycles. The monoisotopic (exact) mass is 519 g/mol. The van der Waals surface area contributed by atoms with Gasteiger partial charge in [-0.1, -0.05) is 42.1 Å². The first kappa shape index (κ1) is 26.0. The molecule has 3 N–H and O–H groups in total. The van der Waals surface area contributed by atoms with Crippen LogP contribution in [0.1, 0.15) is 18.1 Å². The van der Waals surface area contributed by atoms with E-state index in [4.69, 9.17) is 14.2 Å². The molecule has 1 aliphatic rings. The number of nitrogens with one attached hydrogen (secondary N) is 3. The number of para-hydroxylation sites is 1. The highest BCUT2D eigenvalue weighted by Crippen LogP contribution is 2.35. The first-order chi connectivity index (χ1) is 17.9. The lowest BCUT2D eigenvalue weighted by molar-refractivity contribution is -0.118. The molecule has 8 nitrogen and oxygen atoms in total. The Bertz CT molecular complexity index is 1300. The van der Waals surface area contributed by atoms with Crippen molar-refractivity contribution in [1.82, 2.24) is 5.32 Å². The molecule has 3 aromatic carbocycles. The number of ether oxygens (including phenoxy) is 3. The summed E-state index contributed by atoms with van der Waals surface area (Å²) in [5.74, 6) is 1.19. The van der Waals surface area contributed by atoms with Crippen LogP contribution in [0, 0.1) is 6.92 Å². The Morgan fingerprint density at radius 1 is 1.03 bits per heavy atom. The molecule has 9 heteroatoms. The molecule has 0 aromatic heterocycles. The van der Waals surface area contributed by atoms with Gasteiger partial charge in [0.05, 0.1) is 24.3 Å². The van der Waals surface area contributed by atoms with E-state index in [1.54, 1.807) is 37.5 Å². The molecule has 3 aromatic rings. The molecule has 1 fully saturated rings. The van der Waals surface area contributed by atoms with Crippen LogP contribution < -0.4 is 30.2 Å². The fourth-order valence-corrected chi connectivity index (χ4v) is 4.63. The standard InChI is InChI=1S/C28H29N3O5S/c1-4-35-24-15-19(11-13-23(24)36-17-26(32)29-20-8-6-5-7-9-20)16-25-27(33)31-28(37-25)30-21-14-18(2)10-12-22(21)34-3/h5-16,28,30H,4,17H2,1-3H3,(H,29,32)(H,31,33)/b25-16-. The van der Waals surface area contributed by atoms with Gasteiger partial charge in [-0.05, 0) is 67.4 Å². The van der Waals surface area contributed by atoms with Crippen molar-refractivity contribution in [3.05, 3.63) is 82.8 Å². The van der Waals surface area contributed by atoms with Gasteiger partial charge in [0.15, 0.2) is 23.6 Å². The smallest absolute Gasteiger partial charge is 0.262 e. The van der Waals surface area contributed by atoms with E-state index in [0.29, 0.717) is 34.4 Å². The number of aryl methyl sites for hydroxylation is 1. The molecular weight excluding hydrogens is 490 g/mol. The van der Waals surface area contributed by atoms with Crippen LogP contribution in [0.4, 0.5) is 11.4 Å². The predicted octanol–water partition coefficient (Wildman–Crippen LogP) is 5.02. The first-order valence-corrected chi connectivity index (χ1v) is 12.7. The maximum atomic E-state index is 12.6. The van der Waals surface area contributed by atoms with Crippen molar-refractivity contribution in [2.24, 2.45) is 0 Å². The molecular formula is C28H29N3O5S. The van der Waals surface area contributed by atoms with Gasteiger partial charge in [0.25, 0.3) is 11.8 Å². The Balaban J connectivity index is 1.42. The highest BCUT2D eigenvalue weighted by molar-refractivity contribution is 8.05. The zero-order valence-corrected chi connectivity index (χ0v) is 21.7. The number of benzene rings is 3. The zero-order valence-electron chi connectivity index (χ0n) is 20.9. The maximum Gasteiger partial charge on any atom is 0.262 e. The fourth-order valence-electron chi connectivity index (χ4n) is 3.66. The predicted molar refractivity (Wildman–Crippen MR) is 147 cm³/mol. The molecule has 0 spiro atoms. The van der Waals surface area contributed by atoms with Crippen LogP contribution in [-0.4, -0.2) is 37.6 Å². The van der Waals surface area contributed by atoms with Crippen molar-refractivity contribution in [2.45, 2.75) is 19.3 Å². The van der Waals surface area contributed by atoms with Crippen molar-refractivity contribution >= 4 is 41.0 Å². The minimum Gasteiger partial charge on any atom is -0.495 e. The maximum absolute atomic E-state index is 12.6. The van der Waals surface area contributed by atoms with Gasteiger partial charge >= 0.3 is 0 Å². The van der Waals surface area contributed by atoms with Crippen LogP contribution in [-0.2, 0) is 9.59 Å². The van der Waals surface area contributed by atoms with Gasteiger partial charge in [-0.3, -0.25) is 9.59 Å². The number of methoxy groups -OCH3 is 1. The number of hydrogen-bond acceptors (Lipinski definition) is 7. The zero-order chi connectivity index (χ0) is 26.2. The van der Waals surface area contributed by atoms with E-state index < -0.39 is 0 Å². The van der Waals surface area contributed by atoms with Crippen LogP contribution in [0.5, 0.6) is 17.2 Å². The van der Waals surface area contributed by atoms with Crippen LogP contribution in [0.25, 0.3) is 6.08 Å². The Morgan fingerprint density at radius 3 is 2.57 bits per heavy atom. The highest BCUT2D eigenvalue weighted by atomic mass is 32.2. The summed E-state index contributed by atoms with van der Waals surface area (Å²) in [5.41, 5.74) is 3.02. The van der Waals surface area contributed by atoms with E-state index in [1.807, 2.05) is 56.3 Å². The molecule has 1 saturated heterocycles. The van der Waals surface area contributed by atoms with E-state index in [2.05, 4.69) is 16.0 Å². The van der Waals surface area contributed by atoms with E-state index in [1.165, 1.54) is 11.8 Å². The van der Waals surface area contributed by atoms with Crippen molar-refractivity contribution < 1.29 is 23.8 Å². The third kappa shape index (κ3) is 6.98. The number of carbonyl (C=O) groups is 2. The number of thioether (sulfide) groups is 1. The van der Waals surface area contributed by atoms with E-state index in [-0.39, 0.29) is 23.9 Å². The lowest BCUT2D eigenvalue weighted by Gasteiger charge is -2.16. The molecule has 1 heterocycles. The lowest BCUT2D eigenvalue weighted by Crippen LogP contribution is -2.31. The van der Waals surface area contributed by atoms with Gasteiger partial charge in [-0.25, -0.2) is 0 Å². The van der Waals surface area contributed by atoms with Gasteiger partial charge in [0.2, 0.25) is 0 Å². The molecule has 0 bridgehead atoms. The molecule has 1 unspecified atom stereocenters. The largest absolute Gasteiger partial charge is 0.495 e. The van der Waals surface area contributed by atoms with Gasteiger partial charge in [0, 0.05) is 5.69 Å². The third-order valence-corrected chi connectivity index (χ3v) is 6.38. The SMILES string of the molecule is CCOc1cc(/C=C2\SC(Nc3cc(C)ccc3OC)NC2=O)ccc1OCC(=O)Nc1ccccc1. The number of hydrogen-bond donors (Lipinski definition) is 3. The highest BCUT2D eigenvalue weighted by Gasteiger charge is 2.28. The number of amides is 2. The van der Waals surface area contributed by atoms with Gasteiger partial charge in [-0.2, -0.15) is 0 Å². The van der Waals surface area contributed by atoms with Crippen molar-refractivity contribution in [3.8, 4) is 17.2 Å². The molecule has 0 saturated carbocycles. The van der Waals surface area contributed by atoms with Crippen molar-refractivity contribution in [2.75, 3.05) is 31.0 Å². The Morgan fingerprint density at radius 2 is 1.81 bits per heavy atom. The van der Waals surface area contributed by atoms with E-state index >= 15 is 0 Å². The molecule has 1 atom stereocenters. The second kappa shape index (κ2) is 12.2. The second-order valence-corrected chi connectivity index (χ2v) is 9.32. The Hall–Kier alpha value is -4.11. The minimum atomic E-state index is -0.341. The minimum absolute atomic E-state index is 0.163. The molecule has 192 valence electrons. The summed E-state index contributed by atoms with van der Waals surface area (Å²) in [7, 11) is 1.61. The average Bonchev–Trinajstić information content (AvgIpc) is 3.22. The summed E-state index contributed by atoms with van der Waals surface area (Å²) in [6.45, 7) is 4.12. The Kier molecular flexibility index (Phi) is 8.58. The van der Waals surface area contributed by atoms with Gasteiger partial charge in [0.1, 0.15) is 5.75 Å². The molecule has 1 aliphatic heterocycles. The fraction of sp³-hybridized carbons (Fsp3) is 0.214. The number of rotatable bonds is 10. The van der Waals surface area contributed by atoms with E-state index in [0.717, 1.165) is 16.8 Å². The van der Waals surface area contributed by atoms with Crippen LogP contribution in [0.15, 0.2) is 71.6 Å². The topological polar surface area (TPSA) is 97.9 Å². The number of carbonyl (C=O) groups excluding carboxylic acids is 2. The quantitative estimate of drug-likeness (QED) is 0.324. The van der Waals surface area contributed by atoms with Crippen molar-refractivity contribution in [1.29, 1.82) is 0 Å². The molecule has 0 radical (unpaired) electrons. The average molecular weight is 520 g/mol. The summed E-state index contributed by atoms with van der Waals surface area (Å²) < 4.78 is 16.9. The third-order valence-electron chi connectivity index (χ3n) is 5.35. The summed E-state index contributed by atoms with van der Waals surface area (Å²) >= 11 is 1.38. The lowest BCUT2D eigenvalue weighted by atomic mass is 10.2. The molecule has 2 amide bonds. The van der Waals surface area contributed by atoms with Crippen LogP contribution >= 0.6 is 11.8 Å². The van der Waals surface area contributed by atoms with E-state index in [9.17, 15) is 9.59 Å². The normalized spacial score (nSPS) is 15.7. The Labute approximate surface area is 220 Å². The second-order valence-electron chi connectivity index (χ2n) is 8.17. The summed E-state index contributed by atoms with van der Waals surface area (Å²) in [6, 6.07) is 20.4. The van der Waals surface area contributed by atoms with Crippen molar-refractivity contribution in [3.63, 3.8) is 0 Å². The first-order valence-electron chi connectivity index (χ1n) is 11.8. The summed E-state index contributed by atoms with van der Waals surface area (Å²) in [5, 5.41) is 9.04.